The van der Waals surface area contributed by atoms with Crippen LogP contribution in [0.1, 0.15) is 13.8 Å². The molecule has 2 atom stereocenters. The predicted molar refractivity (Wildman–Crippen MR) is 56.8 cm³/mol. The topological polar surface area (TPSA) is 0 Å². The summed E-state index contributed by atoms with van der Waals surface area (Å²) in [5.41, 5.74) is 0. The van der Waals surface area contributed by atoms with E-state index >= 15 is 0 Å². The van der Waals surface area contributed by atoms with Gasteiger partial charge in [0.2, 0.25) is 0 Å². The zero-order chi connectivity index (χ0) is 7.98. The molecule has 0 rings (SSSR count). The van der Waals surface area contributed by atoms with Crippen molar-refractivity contribution in [3.05, 3.63) is 10.8 Å². The van der Waals surface area contributed by atoms with Crippen LogP contribution in [0.2, 0.25) is 0 Å². The van der Waals surface area contributed by atoms with Gasteiger partial charge in [-0.15, -0.1) is 0 Å². The maximum Gasteiger partial charge on any atom is 0.166 e. The summed E-state index contributed by atoms with van der Waals surface area (Å²) < 4.78 is 0. The van der Waals surface area contributed by atoms with Crippen LogP contribution >= 0.6 is 0 Å². The summed E-state index contributed by atoms with van der Waals surface area (Å²) in [6, 6.07) is 0. The molecule has 0 saturated carbocycles. The molecule has 60 valence electrons. The number of hydrogen-bond acceptors (Lipinski definition) is 0. The SMILES string of the molecule is CC[S+](C)/C=C\[S+](C)CC. The fraction of sp³-hybridized carbons (Fsp3) is 0.750. The van der Waals surface area contributed by atoms with E-state index in [4.69, 9.17) is 0 Å². The van der Waals surface area contributed by atoms with Gasteiger partial charge in [0.25, 0.3) is 0 Å². The van der Waals surface area contributed by atoms with Crippen LogP contribution in [-0.2, 0) is 21.8 Å². The molecule has 0 aliphatic carbocycles. The molecule has 0 aromatic heterocycles. The normalized spacial score (nSPS) is 17.6. The van der Waals surface area contributed by atoms with E-state index in [0.29, 0.717) is 21.8 Å². The molecule has 0 saturated heterocycles. The highest BCUT2D eigenvalue weighted by molar-refractivity contribution is 8.02. The van der Waals surface area contributed by atoms with Crippen molar-refractivity contribution in [3.8, 4) is 0 Å². The van der Waals surface area contributed by atoms with Gasteiger partial charge in [0.05, 0.1) is 0 Å². The third-order valence-corrected chi connectivity index (χ3v) is 4.63. The number of rotatable bonds is 4. The fourth-order valence-electron chi connectivity index (χ4n) is 0.382. The second-order valence-corrected chi connectivity index (χ2v) is 6.69. The maximum atomic E-state index is 2.37. The van der Waals surface area contributed by atoms with Crippen molar-refractivity contribution < 1.29 is 0 Å². The summed E-state index contributed by atoms with van der Waals surface area (Å²) in [5.74, 6) is 2.58. The molecule has 0 spiro atoms. The largest absolute Gasteiger partial charge is 0.166 e. The van der Waals surface area contributed by atoms with Crippen LogP contribution in [0.15, 0.2) is 10.8 Å². The molecule has 0 amide bonds. The Bertz CT molecular complexity index is 87.4. The van der Waals surface area contributed by atoms with Gasteiger partial charge in [-0.05, 0) is 13.8 Å². The molecule has 0 heterocycles. The van der Waals surface area contributed by atoms with Crippen molar-refractivity contribution in [1.29, 1.82) is 0 Å². The summed E-state index contributed by atoms with van der Waals surface area (Å²) in [6.07, 6.45) is 4.59. The third kappa shape index (κ3) is 5.24. The molecule has 0 aromatic rings. The van der Waals surface area contributed by atoms with Gasteiger partial charge >= 0.3 is 0 Å². The van der Waals surface area contributed by atoms with E-state index in [0.717, 1.165) is 0 Å². The lowest BCUT2D eigenvalue weighted by Crippen LogP contribution is -2.00. The molecule has 0 radical (unpaired) electrons. The molecule has 0 fully saturated rings. The van der Waals surface area contributed by atoms with Gasteiger partial charge in [0.1, 0.15) is 24.0 Å². The first-order valence-electron chi connectivity index (χ1n) is 3.61. The lowest BCUT2D eigenvalue weighted by Gasteiger charge is -1.90. The molecule has 0 bridgehead atoms. The van der Waals surface area contributed by atoms with Crippen molar-refractivity contribution in [2.75, 3.05) is 24.0 Å². The molecule has 10 heavy (non-hydrogen) atoms. The van der Waals surface area contributed by atoms with Gasteiger partial charge in [0.15, 0.2) is 10.8 Å². The Morgan fingerprint density at radius 1 is 0.900 bits per heavy atom. The lowest BCUT2D eigenvalue weighted by molar-refractivity contribution is 1.51. The minimum absolute atomic E-state index is 0.527. The zero-order valence-electron chi connectivity index (χ0n) is 7.39. The first-order chi connectivity index (χ1) is 4.70. The Hall–Kier alpha value is 0.440. The highest BCUT2D eigenvalue weighted by Crippen LogP contribution is 1.98. The molecular weight excluding hydrogens is 160 g/mol. The van der Waals surface area contributed by atoms with Crippen molar-refractivity contribution in [2.24, 2.45) is 0 Å². The second kappa shape index (κ2) is 6.17. The minimum Gasteiger partial charge on any atom is -0.0194 e. The van der Waals surface area contributed by atoms with Crippen molar-refractivity contribution >= 4 is 21.8 Å². The fourth-order valence-corrected chi connectivity index (χ4v) is 2.28. The van der Waals surface area contributed by atoms with Crippen LogP contribution in [0.25, 0.3) is 0 Å². The van der Waals surface area contributed by atoms with Crippen LogP contribution in [0.3, 0.4) is 0 Å². The second-order valence-electron chi connectivity index (χ2n) is 2.23. The molecule has 0 aliphatic rings. The molecule has 0 N–H and O–H groups in total. The lowest BCUT2D eigenvalue weighted by atomic mass is 11.0. The molecule has 2 heteroatoms. The quantitative estimate of drug-likeness (QED) is 0.578. The first kappa shape index (κ1) is 10.4. The van der Waals surface area contributed by atoms with Crippen molar-refractivity contribution in [1.82, 2.24) is 0 Å². The van der Waals surface area contributed by atoms with E-state index in [1.54, 1.807) is 0 Å². The van der Waals surface area contributed by atoms with Gasteiger partial charge in [-0.25, -0.2) is 0 Å². The smallest absolute Gasteiger partial charge is 0.0194 e. The summed E-state index contributed by atoms with van der Waals surface area (Å²) in [7, 11) is 1.05. The van der Waals surface area contributed by atoms with Gasteiger partial charge in [0, 0.05) is 21.8 Å². The third-order valence-electron chi connectivity index (χ3n) is 1.43. The van der Waals surface area contributed by atoms with E-state index < -0.39 is 0 Å². The Labute approximate surface area is 70.8 Å². The predicted octanol–water partition coefficient (Wildman–Crippen LogP) is 1.99. The first-order valence-corrected chi connectivity index (χ1v) is 7.34. The van der Waals surface area contributed by atoms with Crippen LogP contribution in [0.5, 0.6) is 0 Å². The average Bonchev–Trinajstić information content (AvgIpc) is 1.99. The average molecular weight is 178 g/mol. The van der Waals surface area contributed by atoms with Gasteiger partial charge in [-0.2, -0.15) is 0 Å². The van der Waals surface area contributed by atoms with Crippen LogP contribution in [0.4, 0.5) is 0 Å². The molecule has 0 aromatic carbocycles. The van der Waals surface area contributed by atoms with E-state index in [2.05, 4.69) is 37.2 Å². The van der Waals surface area contributed by atoms with Crippen LogP contribution in [0, 0.1) is 0 Å². The highest BCUT2D eigenvalue weighted by Gasteiger charge is 2.06. The van der Waals surface area contributed by atoms with E-state index in [-0.39, 0.29) is 0 Å². The molecule has 0 aliphatic heterocycles. The van der Waals surface area contributed by atoms with Crippen molar-refractivity contribution in [3.63, 3.8) is 0 Å². The summed E-state index contributed by atoms with van der Waals surface area (Å²) in [5, 5.41) is 4.74. The molecule has 2 unspecified atom stereocenters. The zero-order valence-corrected chi connectivity index (χ0v) is 9.02. The van der Waals surface area contributed by atoms with Crippen LogP contribution < -0.4 is 0 Å². The maximum absolute atomic E-state index is 2.37. The van der Waals surface area contributed by atoms with Gasteiger partial charge in [-0.3, -0.25) is 0 Å². The molecular formula is C8H18S2+2. The Balaban J connectivity index is 3.52. The summed E-state index contributed by atoms with van der Waals surface area (Å²) >= 11 is 0. The Morgan fingerprint density at radius 2 is 1.20 bits per heavy atom. The minimum atomic E-state index is 0.527. The Morgan fingerprint density at radius 3 is 1.40 bits per heavy atom. The highest BCUT2D eigenvalue weighted by atomic mass is 32.2. The van der Waals surface area contributed by atoms with Gasteiger partial charge in [-0.1, -0.05) is 0 Å². The Kier molecular flexibility index (Phi) is 6.44. The summed E-state index contributed by atoms with van der Waals surface area (Å²) in [6.45, 7) is 4.49. The standard InChI is InChI=1S/C8H18S2/c1-5-9(3)7-8-10(4)6-2/h7-8H,5-6H2,1-4H3/q+2/b8-7-. The number of hydrogen-bond donors (Lipinski definition) is 0. The summed E-state index contributed by atoms with van der Waals surface area (Å²) in [4.78, 5) is 0. The van der Waals surface area contributed by atoms with Crippen molar-refractivity contribution in [2.45, 2.75) is 13.8 Å². The van der Waals surface area contributed by atoms with E-state index in [1.807, 2.05) is 0 Å². The van der Waals surface area contributed by atoms with Crippen LogP contribution in [-0.4, -0.2) is 24.0 Å². The molecule has 0 nitrogen and oxygen atoms in total. The van der Waals surface area contributed by atoms with E-state index in [9.17, 15) is 0 Å². The van der Waals surface area contributed by atoms with Gasteiger partial charge < -0.3 is 0 Å². The van der Waals surface area contributed by atoms with E-state index in [1.165, 1.54) is 11.5 Å². The monoisotopic (exact) mass is 178 g/mol.